The van der Waals surface area contributed by atoms with Crippen LogP contribution in [0.25, 0.3) is 0 Å². The van der Waals surface area contributed by atoms with Crippen molar-refractivity contribution in [2.24, 2.45) is 0 Å². The monoisotopic (exact) mass is 348 g/mol. The van der Waals surface area contributed by atoms with Crippen molar-refractivity contribution in [3.63, 3.8) is 0 Å². The number of allylic oxidation sites excluding steroid dienone is 1. The average molecular weight is 348 g/mol. The molecule has 2 rings (SSSR count). The van der Waals surface area contributed by atoms with E-state index in [4.69, 9.17) is 21.7 Å². The number of hydrogen-bond donors (Lipinski definition) is 2. The highest BCUT2D eigenvalue weighted by atomic mass is 32.1. The van der Waals surface area contributed by atoms with Crippen LogP contribution in [-0.2, 0) is 14.3 Å². The van der Waals surface area contributed by atoms with E-state index in [2.05, 4.69) is 36.6 Å². The van der Waals surface area contributed by atoms with E-state index in [0.717, 1.165) is 11.1 Å². The second-order valence-corrected chi connectivity index (χ2v) is 6.40. The molecule has 1 atom stereocenters. The lowest BCUT2D eigenvalue weighted by Gasteiger charge is -2.31. The maximum absolute atomic E-state index is 12.6. The van der Waals surface area contributed by atoms with Crippen molar-refractivity contribution in [2.75, 3.05) is 20.3 Å². The molecule has 0 aliphatic carbocycles. The van der Waals surface area contributed by atoms with Gasteiger partial charge in [0.05, 0.1) is 18.2 Å². The first kappa shape index (κ1) is 18.4. The summed E-state index contributed by atoms with van der Waals surface area (Å²) >= 11 is 5.28. The highest BCUT2D eigenvalue weighted by Gasteiger charge is 2.32. The molecule has 2 N–H and O–H groups in total. The fourth-order valence-electron chi connectivity index (χ4n) is 2.79. The predicted molar refractivity (Wildman–Crippen MR) is 97.8 cm³/mol. The molecule has 1 aliphatic heterocycles. The molecule has 130 valence electrons. The highest BCUT2D eigenvalue weighted by Crippen LogP contribution is 2.31. The van der Waals surface area contributed by atoms with Crippen molar-refractivity contribution in [2.45, 2.75) is 33.7 Å². The van der Waals surface area contributed by atoms with Gasteiger partial charge in [-0.1, -0.05) is 12.1 Å². The Morgan fingerprint density at radius 3 is 2.46 bits per heavy atom. The standard InChI is InChI=1S/C18H24N2O3S/c1-10-8-12(3)14(9-11(10)2)16-15(13(4)19-18(24)20-16)17(21)23-7-6-22-5/h8-9,16H,6-7H2,1-5H3,(H2,19,20,24)/t16-/m1/s1. The van der Waals surface area contributed by atoms with Crippen LogP contribution in [0.3, 0.4) is 0 Å². The van der Waals surface area contributed by atoms with Gasteiger partial charge in [-0.25, -0.2) is 4.79 Å². The smallest absolute Gasteiger partial charge is 0.338 e. The lowest BCUT2D eigenvalue weighted by molar-refractivity contribution is -0.140. The maximum Gasteiger partial charge on any atom is 0.338 e. The number of ether oxygens (including phenoxy) is 2. The quantitative estimate of drug-likeness (QED) is 0.485. The number of benzene rings is 1. The number of esters is 1. The maximum atomic E-state index is 12.6. The van der Waals surface area contributed by atoms with Crippen LogP contribution in [0, 0.1) is 20.8 Å². The Morgan fingerprint density at radius 1 is 1.12 bits per heavy atom. The number of thiocarbonyl (C=S) groups is 1. The Hall–Kier alpha value is -1.92. The Kier molecular flexibility index (Phi) is 5.96. The molecule has 6 heteroatoms. The summed E-state index contributed by atoms with van der Waals surface area (Å²) in [7, 11) is 1.57. The van der Waals surface area contributed by atoms with Gasteiger partial charge in [-0.05, 0) is 62.2 Å². The topological polar surface area (TPSA) is 59.6 Å². The number of carbonyl (C=O) groups excluding carboxylic acids is 1. The molecule has 0 bridgehead atoms. The van der Waals surface area contributed by atoms with Gasteiger partial charge in [-0.2, -0.15) is 0 Å². The van der Waals surface area contributed by atoms with Crippen molar-refractivity contribution in [1.29, 1.82) is 0 Å². The lowest BCUT2D eigenvalue weighted by atomic mass is 9.90. The molecule has 0 fully saturated rings. The van der Waals surface area contributed by atoms with E-state index in [1.54, 1.807) is 7.11 Å². The van der Waals surface area contributed by atoms with Gasteiger partial charge in [0.25, 0.3) is 0 Å². The van der Waals surface area contributed by atoms with Gasteiger partial charge in [-0.15, -0.1) is 0 Å². The van der Waals surface area contributed by atoms with E-state index < -0.39 is 0 Å². The molecule has 0 amide bonds. The van der Waals surface area contributed by atoms with Crippen LogP contribution in [0.4, 0.5) is 0 Å². The molecular formula is C18H24N2O3S. The zero-order chi connectivity index (χ0) is 17.9. The summed E-state index contributed by atoms with van der Waals surface area (Å²) in [5, 5.41) is 6.72. The molecule has 1 aliphatic rings. The molecule has 0 saturated carbocycles. The first-order chi connectivity index (χ1) is 11.3. The minimum absolute atomic E-state index is 0.217. The Labute approximate surface area is 148 Å². The molecule has 0 aromatic heterocycles. The molecule has 24 heavy (non-hydrogen) atoms. The van der Waals surface area contributed by atoms with Gasteiger partial charge >= 0.3 is 5.97 Å². The van der Waals surface area contributed by atoms with Gasteiger partial charge in [-0.3, -0.25) is 0 Å². The summed E-state index contributed by atoms with van der Waals surface area (Å²) in [6.45, 7) is 8.60. The van der Waals surface area contributed by atoms with E-state index in [9.17, 15) is 4.79 Å². The SMILES string of the molecule is COCCOC(=O)C1=C(C)NC(=S)N[C@@H]1c1cc(C)c(C)cc1C. The second kappa shape index (κ2) is 7.77. The van der Waals surface area contributed by atoms with Crippen LogP contribution in [0.15, 0.2) is 23.4 Å². The largest absolute Gasteiger partial charge is 0.460 e. The predicted octanol–water partition coefficient (Wildman–Crippen LogP) is 2.59. The van der Waals surface area contributed by atoms with Crippen molar-refractivity contribution >= 4 is 23.3 Å². The molecular weight excluding hydrogens is 324 g/mol. The zero-order valence-corrected chi connectivity index (χ0v) is 15.6. The minimum atomic E-state index is -0.366. The first-order valence-corrected chi connectivity index (χ1v) is 8.28. The van der Waals surface area contributed by atoms with E-state index in [1.165, 1.54) is 11.1 Å². The number of aryl methyl sites for hydroxylation is 3. The van der Waals surface area contributed by atoms with Crippen LogP contribution in [0.5, 0.6) is 0 Å². The van der Waals surface area contributed by atoms with E-state index in [-0.39, 0.29) is 18.6 Å². The fraction of sp³-hybridized carbons (Fsp3) is 0.444. The number of carbonyl (C=O) groups is 1. The normalized spacial score (nSPS) is 17.4. The molecule has 0 unspecified atom stereocenters. The van der Waals surface area contributed by atoms with Gasteiger partial charge in [0.1, 0.15) is 6.61 Å². The number of rotatable bonds is 5. The molecule has 0 saturated heterocycles. The summed E-state index contributed by atoms with van der Waals surface area (Å²) < 4.78 is 10.3. The van der Waals surface area contributed by atoms with Crippen LogP contribution >= 0.6 is 12.2 Å². The zero-order valence-electron chi connectivity index (χ0n) is 14.8. The fourth-order valence-corrected chi connectivity index (χ4v) is 3.06. The van der Waals surface area contributed by atoms with Crippen LogP contribution in [0.2, 0.25) is 0 Å². The third-order valence-corrected chi connectivity index (χ3v) is 4.42. The van der Waals surface area contributed by atoms with Crippen molar-refractivity contribution < 1.29 is 14.3 Å². The number of methoxy groups -OCH3 is 1. The summed E-state index contributed by atoms with van der Waals surface area (Å²) in [6, 6.07) is 3.90. The minimum Gasteiger partial charge on any atom is -0.460 e. The Morgan fingerprint density at radius 2 is 1.79 bits per heavy atom. The Balaban J connectivity index is 2.42. The third kappa shape index (κ3) is 3.94. The lowest BCUT2D eigenvalue weighted by Crippen LogP contribution is -2.45. The van der Waals surface area contributed by atoms with Crippen molar-refractivity contribution in [3.05, 3.63) is 45.7 Å². The summed E-state index contributed by atoms with van der Waals surface area (Å²) in [4.78, 5) is 12.6. The van der Waals surface area contributed by atoms with E-state index >= 15 is 0 Å². The molecule has 0 radical (unpaired) electrons. The number of hydrogen-bond acceptors (Lipinski definition) is 4. The third-order valence-electron chi connectivity index (χ3n) is 4.20. The van der Waals surface area contributed by atoms with Crippen LogP contribution < -0.4 is 10.6 Å². The molecule has 5 nitrogen and oxygen atoms in total. The molecule has 0 spiro atoms. The summed E-state index contributed by atoms with van der Waals surface area (Å²) in [6.07, 6.45) is 0. The molecule has 1 heterocycles. The molecule has 1 aromatic carbocycles. The number of nitrogens with one attached hydrogen (secondary N) is 2. The van der Waals surface area contributed by atoms with Crippen molar-refractivity contribution in [1.82, 2.24) is 10.6 Å². The average Bonchev–Trinajstić information content (AvgIpc) is 2.50. The van der Waals surface area contributed by atoms with Gasteiger partial charge in [0.2, 0.25) is 0 Å². The van der Waals surface area contributed by atoms with Gasteiger partial charge in [0, 0.05) is 12.8 Å². The molecule has 1 aromatic rings. The second-order valence-electron chi connectivity index (χ2n) is 5.99. The van der Waals surface area contributed by atoms with Crippen LogP contribution in [-0.4, -0.2) is 31.4 Å². The van der Waals surface area contributed by atoms with E-state index in [0.29, 0.717) is 23.0 Å². The van der Waals surface area contributed by atoms with Crippen molar-refractivity contribution in [3.8, 4) is 0 Å². The first-order valence-electron chi connectivity index (χ1n) is 7.87. The highest BCUT2D eigenvalue weighted by molar-refractivity contribution is 7.80. The Bertz CT molecular complexity index is 698. The van der Waals surface area contributed by atoms with E-state index in [1.807, 2.05) is 13.8 Å². The van der Waals surface area contributed by atoms with Gasteiger partial charge in [0.15, 0.2) is 5.11 Å². The summed E-state index contributed by atoms with van der Waals surface area (Å²) in [5.74, 6) is -0.366. The van der Waals surface area contributed by atoms with Crippen LogP contribution in [0.1, 0.15) is 35.2 Å². The summed E-state index contributed by atoms with van der Waals surface area (Å²) in [5.41, 5.74) is 5.79. The van der Waals surface area contributed by atoms with Gasteiger partial charge < -0.3 is 20.1 Å².